The highest BCUT2D eigenvalue weighted by atomic mass is 32.2. The normalized spacial score (nSPS) is 19.3. The first-order valence-corrected chi connectivity index (χ1v) is 13.6. The minimum Gasteiger partial charge on any atom is -0.292 e. The van der Waals surface area contributed by atoms with E-state index in [1.807, 2.05) is 0 Å². The summed E-state index contributed by atoms with van der Waals surface area (Å²) in [5, 5.41) is -0.943. The van der Waals surface area contributed by atoms with E-state index in [0.717, 1.165) is 18.2 Å². The number of Topliss-reactive ketones (excluding diaryl/α,β-unsaturated/α-hetero) is 1. The summed E-state index contributed by atoms with van der Waals surface area (Å²) in [7, 11) is -8.24. The molecular formula is C21H19F6NO5S2. The summed E-state index contributed by atoms with van der Waals surface area (Å²) >= 11 is 0. The molecule has 14 heteroatoms. The Hall–Kier alpha value is -2.48. The van der Waals surface area contributed by atoms with Gasteiger partial charge in [0, 0.05) is 18.9 Å². The van der Waals surface area contributed by atoms with Crippen molar-refractivity contribution in [2.24, 2.45) is 5.92 Å². The van der Waals surface area contributed by atoms with Crippen molar-refractivity contribution in [1.29, 1.82) is 0 Å². The standard InChI is InChI=1S/C21H19F6NO5S2/c1-34(30,31)18-10-14(21(25,26)27)11-28-19(18)17(29)6-5-12-7-16(8-12)35(32,33)15-4-2-3-13(9-15)20(22,23)24/h2-4,9-12,16H,5-8H2,1H3. The lowest BCUT2D eigenvalue weighted by Gasteiger charge is -2.34. The van der Waals surface area contributed by atoms with Gasteiger partial charge in [-0.3, -0.25) is 9.78 Å². The molecule has 0 amide bonds. The number of hydrogen-bond donors (Lipinski definition) is 0. The average molecular weight is 544 g/mol. The van der Waals surface area contributed by atoms with Crippen molar-refractivity contribution in [3.63, 3.8) is 0 Å². The Morgan fingerprint density at radius 3 is 2.11 bits per heavy atom. The zero-order valence-corrected chi connectivity index (χ0v) is 19.7. The van der Waals surface area contributed by atoms with Crippen LogP contribution >= 0.6 is 0 Å². The molecule has 0 saturated heterocycles. The molecule has 1 aliphatic carbocycles. The molecule has 1 heterocycles. The SMILES string of the molecule is CS(=O)(=O)c1cc(C(F)(F)F)cnc1C(=O)CCC1CC(S(=O)(=O)c2cccc(C(F)(F)F)c2)C1. The lowest BCUT2D eigenvalue weighted by Crippen LogP contribution is -2.36. The molecule has 0 spiro atoms. The summed E-state index contributed by atoms with van der Waals surface area (Å²) in [4.78, 5) is 14.6. The molecule has 2 aromatic rings. The molecule has 1 aromatic carbocycles. The minimum absolute atomic E-state index is 0.0746. The molecule has 1 aromatic heterocycles. The largest absolute Gasteiger partial charge is 0.417 e. The lowest BCUT2D eigenvalue weighted by molar-refractivity contribution is -0.138. The molecule has 0 bridgehead atoms. The van der Waals surface area contributed by atoms with Crippen LogP contribution in [0, 0.1) is 5.92 Å². The predicted octanol–water partition coefficient (Wildman–Crippen LogP) is 4.74. The number of ketones is 1. The average Bonchev–Trinajstić information content (AvgIpc) is 2.70. The molecule has 1 fully saturated rings. The topological polar surface area (TPSA) is 98.2 Å². The van der Waals surface area contributed by atoms with Crippen molar-refractivity contribution in [1.82, 2.24) is 4.98 Å². The summed E-state index contributed by atoms with van der Waals surface area (Å²) in [5.41, 5.74) is -3.05. The zero-order valence-electron chi connectivity index (χ0n) is 18.0. The molecule has 6 nitrogen and oxygen atoms in total. The second-order valence-electron chi connectivity index (χ2n) is 8.33. The molecular weight excluding hydrogens is 524 g/mol. The number of alkyl halides is 6. The molecule has 0 atom stereocenters. The highest BCUT2D eigenvalue weighted by Crippen LogP contribution is 2.40. The molecule has 1 aliphatic rings. The quantitative estimate of drug-likeness (QED) is 0.370. The Kier molecular flexibility index (Phi) is 7.12. The van der Waals surface area contributed by atoms with E-state index in [9.17, 15) is 48.0 Å². The molecule has 0 unspecified atom stereocenters. The van der Waals surface area contributed by atoms with Gasteiger partial charge in [0.05, 0.1) is 26.2 Å². The Labute approximate surface area is 197 Å². The number of hydrogen-bond acceptors (Lipinski definition) is 6. The van der Waals surface area contributed by atoms with Gasteiger partial charge in [0.25, 0.3) is 0 Å². The predicted molar refractivity (Wildman–Crippen MR) is 111 cm³/mol. The van der Waals surface area contributed by atoms with E-state index in [-0.39, 0.29) is 31.6 Å². The number of aromatic nitrogens is 1. The molecule has 0 radical (unpaired) electrons. The minimum atomic E-state index is -4.86. The van der Waals surface area contributed by atoms with Crippen LogP contribution < -0.4 is 0 Å². The molecule has 0 N–H and O–H groups in total. The first-order valence-electron chi connectivity index (χ1n) is 10.1. The molecule has 35 heavy (non-hydrogen) atoms. The molecule has 3 rings (SSSR count). The van der Waals surface area contributed by atoms with Crippen LogP contribution in [-0.4, -0.2) is 39.1 Å². The van der Waals surface area contributed by atoms with Crippen LogP contribution in [0.25, 0.3) is 0 Å². The number of rotatable bonds is 7. The van der Waals surface area contributed by atoms with Crippen LogP contribution in [0.5, 0.6) is 0 Å². The van der Waals surface area contributed by atoms with Crippen molar-refractivity contribution in [3.8, 4) is 0 Å². The molecule has 192 valence electrons. The maximum atomic E-state index is 12.9. The van der Waals surface area contributed by atoms with Crippen LogP contribution in [0.4, 0.5) is 26.3 Å². The monoisotopic (exact) mass is 543 g/mol. The highest BCUT2D eigenvalue weighted by molar-refractivity contribution is 7.92. The van der Waals surface area contributed by atoms with Crippen LogP contribution in [0.2, 0.25) is 0 Å². The van der Waals surface area contributed by atoms with Gasteiger partial charge >= 0.3 is 12.4 Å². The van der Waals surface area contributed by atoms with Crippen LogP contribution in [-0.2, 0) is 32.0 Å². The molecule has 0 aliphatic heterocycles. The van der Waals surface area contributed by atoms with E-state index in [4.69, 9.17) is 0 Å². The summed E-state index contributed by atoms with van der Waals surface area (Å²) in [6.07, 6.45) is -8.58. The van der Waals surface area contributed by atoms with Gasteiger partial charge in [-0.05, 0) is 49.4 Å². The summed E-state index contributed by atoms with van der Waals surface area (Å²) in [5.74, 6) is -1.11. The van der Waals surface area contributed by atoms with Crippen LogP contribution in [0.1, 0.15) is 47.3 Å². The Morgan fingerprint density at radius 1 is 0.971 bits per heavy atom. The van der Waals surface area contributed by atoms with E-state index >= 15 is 0 Å². The third-order valence-corrected chi connectivity index (χ3v) is 9.03. The fourth-order valence-corrected chi connectivity index (χ4v) is 6.60. The number of pyridine rings is 1. The van der Waals surface area contributed by atoms with Crippen molar-refractivity contribution in [2.45, 2.75) is 53.1 Å². The zero-order chi connectivity index (χ0) is 26.4. The van der Waals surface area contributed by atoms with Gasteiger partial charge in [-0.2, -0.15) is 26.3 Å². The van der Waals surface area contributed by atoms with Gasteiger partial charge in [0.1, 0.15) is 5.69 Å². The van der Waals surface area contributed by atoms with Crippen LogP contribution in [0.15, 0.2) is 46.3 Å². The fourth-order valence-electron chi connectivity index (χ4n) is 3.75. The van der Waals surface area contributed by atoms with E-state index < -0.39 is 69.7 Å². The Bertz CT molecular complexity index is 1340. The second-order valence-corrected chi connectivity index (χ2v) is 12.5. The summed E-state index contributed by atoms with van der Waals surface area (Å²) in [6.45, 7) is 0. The van der Waals surface area contributed by atoms with Crippen molar-refractivity contribution >= 4 is 25.5 Å². The number of carbonyl (C=O) groups is 1. The maximum absolute atomic E-state index is 12.9. The smallest absolute Gasteiger partial charge is 0.292 e. The van der Waals surface area contributed by atoms with E-state index in [0.29, 0.717) is 24.6 Å². The van der Waals surface area contributed by atoms with Crippen molar-refractivity contribution < 1.29 is 48.0 Å². The third-order valence-electron chi connectivity index (χ3n) is 5.74. The van der Waals surface area contributed by atoms with Gasteiger partial charge in [-0.25, -0.2) is 16.8 Å². The van der Waals surface area contributed by atoms with Gasteiger partial charge in [-0.15, -0.1) is 0 Å². The first kappa shape index (κ1) is 27.1. The van der Waals surface area contributed by atoms with E-state index in [1.54, 1.807) is 0 Å². The van der Waals surface area contributed by atoms with Gasteiger partial charge < -0.3 is 0 Å². The number of carbonyl (C=O) groups excluding carboxylic acids is 1. The van der Waals surface area contributed by atoms with Crippen LogP contribution in [0.3, 0.4) is 0 Å². The number of nitrogens with zero attached hydrogens (tertiary/aromatic N) is 1. The van der Waals surface area contributed by atoms with Gasteiger partial charge in [0.15, 0.2) is 25.5 Å². The first-order chi connectivity index (χ1) is 15.9. The van der Waals surface area contributed by atoms with Gasteiger partial charge in [0.2, 0.25) is 0 Å². The Morgan fingerprint density at radius 2 is 1.57 bits per heavy atom. The van der Waals surface area contributed by atoms with E-state index in [1.165, 1.54) is 0 Å². The van der Waals surface area contributed by atoms with E-state index in [2.05, 4.69) is 4.98 Å². The lowest BCUT2D eigenvalue weighted by atomic mass is 9.81. The summed E-state index contributed by atoms with van der Waals surface area (Å²) < 4.78 is 127. The summed E-state index contributed by atoms with van der Waals surface area (Å²) in [6, 6.07) is 3.74. The van der Waals surface area contributed by atoms with Gasteiger partial charge in [-0.1, -0.05) is 6.07 Å². The Balaban J connectivity index is 1.67. The third kappa shape index (κ3) is 6.02. The number of benzene rings is 1. The number of halogens is 6. The number of sulfone groups is 2. The van der Waals surface area contributed by atoms with Crippen molar-refractivity contribution in [2.75, 3.05) is 6.26 Å². The maximum Gasteiger partial charge on any atom is 0.417 e. The highest BCUT2D eigenvalue weighted by Gasteiger charge is 2.41. The van der Waals surface area contributed by atoms with Crippen molar-refractivity contribution in [3.05, 3.63) is 53.3 Å². The fraction of sp³-hybridized carbons (Fsp3) is 0.429. The second kappa shape index (κ2) is 9.19. The molecule has 1 saturated carbocycles.